The highest BCUT2D eigenvalue weighted by Gasteiger charge is 2.25. The van der Waals surface area contributed by atoms with E-state index in [9.17, 15) is 9.59 Å². The van der Waals surface area contributed by atoms with E-state index in [2.05, 4.69) is 5.32 Å². The first-order valence-electron chi connectivity index (χ1n) is 8.23. The zero-order valence-electron chi connectivity index (χ0n) is 15.1. The molecule has 0 heterocycles. The Balaban J connectivity index is 2.16. The van der Waals surface area contributed by atoms with Crippen molar-refractivity contribution in [3.8, 4) is 5.75 Å². The van der Waals surface area contributed by atoms with E-state index in [1.165, 1.54) is 7.11 Å². The molecule has 2 rings (SSSR count). The van der Waals surface area contributed by atoms with Crippen molar-refractivity contribution in [3.05, 3.63) is 59.7 Å². The number of methoxy groups -OCH3 is 1. The predicted molar refractivity (Wildman–Crippen MR) is 98.5 cm³/mol. The molecule has 2 aromatic rings. The van der Waals surface area contributed by atoms with Crippen LogP contribution in [-0.4, -0.2) is 29.9 Å². The fraction of sp³-hybridized carbons (Fsp3) is 0.300. The highest BCUT2D eigenvalue weighted by atomic mass is 16.5. The number of amides is 2. The number of aryl methyl sites for hydroxylation is 1. The van der Waals surface area contributed by atoms with Crippen molar-refractivity contribution in [1.29, 1.82) is 0 Å². The quantitative estimate of drug-likeness (QED) is 0.849. The van der Waals surface area contributed by atoms with E-state index < -0.39 is 11.8 Å². The zero-order valence-corrected chi connectivity index (χ0v) is 15.1. The molecule has 132 valence electrons. The first-order chi connectivity index (χ1) is 11.9. The molecule has 0 aliphatic heterocycles. The Kier molecular flexibility index (Phi) is 6.17. The van der Waals surface area contributed by atoms with Gasteiger partial charge >= 0.3 is 11.8 Å². The van der Waals surface area contributed by atoms with Gasteiger partial charge in [-0.25, -0.2) is 0 Å². The van der Waals surface area contributed by atoms with Gasteiger partial charge in [0.05, 0.1) is 12.8 Å². The zero-order chi connectivity index (χ0) is 18.4. The van der Waals surface area contributed by atoms with Gasteiger partial charge in [-0.3, -0.25) is 9.59 Å². The van der Waals surface area contributed by atoms with Crippen molar-refractivity contribution in [1.82, 2.24) is 4.90 Å². The maximum Gasteiger partial charge on any atom is 0.314 e. The van der Waals surface area contributed by atoms with Crippen molar-refractivity contribution in [2.45, 2.75) is 33.4 Å². The molecule has 0 saturated heterocycles. The molecule has 0 atom stereocenters. The second-order valence-corrected chi connectivity index (χ2v) is 6.17. The van der Waals surface area contributed by atoms with Crippen LogP contribution >= 0.6 is 0 Å². The van der Waals surface area contributed by atoms with Gasteiger partial charge in [0, 0.05) is 12.6 Å². The molecule has 0 unspecified atom stereocenters. The molecule has 0 aromatic heterocycles. The lowest BCUT2D eigenvalue weighted by molar-refractivity contribution is -0.144. The van der Waals surface area contributed by atoms with Gasteiger partial charge in [-0.1, -0.05) is 36.4 Å². The first-order valence-corrected chi connectivity index (χ1v) is 8.23. The molecule has 2 amide bonds. The second-order valence-electron chi connectivity index (χ2n) is 6.17. The largest absolute Gasteiger partial charge is 0.495 e. The number of nitrogens with one attached hydrogen (secondary N) is 1. The summed E-state index contributed by atoms with van der Waals surface area (Å²) in [6, 6.07) is 14.9. The van der Waals surface area contributed by atoms with Crippen LogP contribution in [0.15, 0.2) is 48.5 Å². The predicted octanol–water partition coefficient (Wildman–Crippen LogP) is 3.38. The number of anilines is 1. The average molecular weight is 340 g/mol. The van der Waals surface area contributed by atoms with Crippen LogP contribution in [0.1, 0.15) is 25.0 Å². The minimum Gasteiger partial charge on any atom is -0.495 e. The number of carbonyl (C=O) groups is 2. The molecule has 5 nitrogen and oxygen atoms in total. The topological polar surface area (TPSA) is 58.6 Å². The third kappa shape index (κ3) is 4.83. The lowest BCUT2D eigenvalue weighted by Crippen LogP contribution is -2.43. The molecule has 2 aromatic carbocycles. The van der Waals surface area contributed by atoms with Gasteiger partial charge in [-0.15, -0.1) is 0 Å². The van der Waals surface area contributed by atoms with Crippen molar-refractivity contribution in [2.24, 2.45) is 0 Å². The Bertz CT molecular complexity index is 742. The summed E-state index contributed by atoms with van der Waals surface area (Å²) < 4.78 is 5.24. The van der Waals surface area contributed by atoms with E-state index >= 15 is 0 Å². The lowest BCUT2D eigenvalue weighted by Gasteiger charge is -2.26. The van der Waals surface area contributed by atoms with Crippen LogP contribution in [0.3, 0.4) is 0 Å². The molecule has 0 fully saturated rings. The number of carbonyl (C=O) groups excluding carboxylic acids is 2. The van der Waals surface area contributed by atoms with Gasteiger partial charge in [0.25, 0.3) is 0 Å². The maximum absolute atomic E-state index is 12.7. The van der Waals surface area contributed by atoms with Crippen LogP contribution in [0, 0.1) is 6.92 Å². The molecule has 5 heteroatoms. The van der Waals surface area contributed by atoms with Crippen molar-refractivity contribution < 1.29 is 14.3 Å². The van der Waals surface area contributed by atoms with Gasteiger partial charge in [-0.05, 0) is 44.0 Å². The number of hydrogen-bond acceptors (Lipinski definition) is 3. The van der Waals surface area contributed by atoms with Crippen molar-refractivity contribution in [2.75, 3.05) is 12.4 Å². The van der Waals surface area contributed by atoms with Crippen molar-refractivity contribution in [3.63, 3.8) is 0 Å². The molecule has 25 heavy (non-hydrogen) atoms. The summed E-state index contributed by atoms with van der Waals surface area (Å²) in [5.41, 5.74) is 2.43. The summed E-state index contributed by atoms with van der Waals surface area (Å²) in [5.74, 6) is -0.721. The van der Waals surface area contributed by atoms with Crippen LogP contribution in [0.4, 0.5) is 5.69 Å². The Morgan fingerprint density at radius 2 is 1.80 bits per heavy atom. The van der Waals surface area contributed by atoms with Crippen LogP contribution < -0.4 is 10.1 Å². The molecule has 1 N–H and O–H groups in total. The normalized spacial score (nSPS) is 10.4. The van der Waals surface area contributed by atoms with E-state index in [0.717, 1.165) is 11.1 Å². The van der Waals surface area contributed by atoms with Gasteiger partial charge < -0.3 is 15.0 Å². The summed E-state index contributed by atoms with van der Waals surface area (Å²) in [6.07, 6.45) is 0. The Labute approximate surface area is 148 Å². The summed E-state index contributed by atoms with van der Waals surface area (Å²) >= 11 is 0. The molecule has 0 radical (unpaired) electrons. The van der Waals surface area contributed by atoms with E-state index in [1.54, 1.807) is 17.0 Å². The summed E-state index contributed by atoms with van der Waals surface area (Å²) in [5, 5.41) is 2.67. The lowest BCUT2D eigenvalue weighted by atomic mass is 10.1. The van der Waals surface area contributed by atoms with Gasteiger partial charge in [0.15, 0.2) is 0 Å². The molecular weight excluding hydrogens is 316 g/mol. The minimum absolute atomic E-state index is 0.0992. The second kappa shape index (κ2) is 8.33. The molecule has 0 aliphatic carbocycles. The van der Waals surface area contributed by atoms with E-state index in [1.807, 2.05) is 57.2 Å². The third-order valence-corrected chi connectivity index (χ3v) is 3.88. The number of ether oxygens (including phenoxy) is 1. The number of rotatable bonds is 5. The standard InChI is InChI=1S/C20H24N2O3/c1-14(2)22(13-16-8-6-5-7-9-16)20(24)19(23)21-17-12-15(3)10-11-18(17)25-4/h5-12,14H,13H2,1-4H3,(H,21,23). The fourth-order valence-corrected chi connectivity index (χ4v) is 2.49. The van der Waals surface area contributed by atoms with Crippen LogP contribution in [-0.2, 0) is 16.1 Å². The highest BCUT2D eigenvalue weighted by Crippen LogP contribution is 2.25. The van der Waals surface area contributed by atoms with Crippen LogP contribution in [0.5, 0.6) is 5.75 Å². The number of nitrogens with zero attached hydrogens (tertiary/aromatic N) is 1. The Hall–Kier alpha value is -2.82. The van der Waals surface area contributed by atoms with Crippen LogP contribution in [0.2, 0.25) is 0 Å². The monoisotopic (exact) mass is 340 g/mol. The van der Waals surface area contributed by atoms with Gasteiger partial charge in [-0.2, -0.15) is 0 Å². The summed E-state index contributed by atoms with van der Waals surface area (Å²) in [4.78, 5) is 26.7. The van der Waals surface area contributed by atoms with Crippen LogP contribution in [0.25, 0.3) is 0 Å². The summed E-state index contributed by atoms with van der Waals surface area (Å²) in [7, 11) is 1.53. The first kappa shape index (κ1) is 18.5. The minimum atomic E-state index is -0.673. The SMILES string of the molecule is COc1ccc(C)cc1NC(=O)C(=O)N(Cc1ccccc1)C(C)C. The van der Waals surface area contributed by atoms with Gasteiger partial charge in [0.2, 0.25) is 0 Å². The Morgan fingerprint density at radius 1 is 1.12 bits per heavy atom. The average Bonchev–Trinajstić information content (AvgIpc) is 2.60. The number of benzene rings is 2. The van der Waals surface area contributed by atoms with E-state index in [-0.39, 0.29) is 6.04 Å². The molecule has 0 saturated carbocycles. The molecule has 0 bridgehead atoms. The highest BCUT2D eigenvalue weighted by molar-refractivity contribution is 6.39. The Morgan fingerprint density at radius 3 is 2.40 bits per heavy atom. The van der Waals surface area contributed by atoms with E-state index in [4.69, 9.17) is 4.74 Å². The smallest absolute Gasteiger partial charge is 0.314 e. The maximum atomic E-state index is 12.7. The molecular formula is C20H24N2O3. The molecule has 0 aliphatic rings. The third-order valence-electron chi connectivity index (χ3n) is 3.88. The molecule has 0 spiro atoms. The summed E-state index contributed by atoms with van der Waals surface area (Å²) in [6.45, 7) is 6.07. The van der Waals surface area contributed by atoms with Gasteiger partial charge in [0.1, 0.15) is 5.75 Å². The van der Waals surface area contributed by atoms with Crippen molar-refractivity contribution >= 4 is 17.5 Å². The fourth-order valence-electron chi connectivity index (χ4n) is 2.49. The van der Waals surface area contributed by atoms with E-state index in [0.29, 0.717) is 18.0 Å². The number of hydrogen-bond donors (Lipinski definition) is 1.